The third-order valence-corrected chi connectivity index (χ3v) is 3.17. The maximum absolute atomic E-state index is 12.0. The molecule has 0 fully saturated rings. The standard InChI is InChI=1S/C15H13N2O.2C2H6.Y/c1-10-7-14-12(15(18)8-10)9-13(16-17-14)11-5-3-2-4-6-11;2*1-2;/h2-6,9H,7-8H2,1H3;2*1-2H3;/q-1;;;. The number of benzene rings is 1. The van der Waals surface area contributed by atoms with Gasteiger partial charge in [-0.3, -0.25) is 4.79 Å². The van der Waals surface area contributed by atoms with Gasteiger partial charge in [0.25, 0.3) is 0 Å². The van der Waals surface area contributed by atoms with E-state index in [1.807, 2.05) is 71.0 Å². The Hall–Kier alpha value is -0.926. The summed E-state index contributed by atoms with van der Waals surface area (Å²) < 4.78 is 0. The van der Waals surface area contributed by atoms with Crippen molar-refractivity contribution in [2.75, 3.05) is 0 Å². The quantitative estimate of drug-likeness (QED) is 0.654. The number of fused-ring (bicyclic) bond motifs is 1. The first-order chi connectivity index (χ1) is 10.7. The molecule has 0 saturated heterocycles. The van der Waals surface area contributed by atoms with E-state index in [9.17, 15) is 4.79 Å². The van der Waals surface area contributed by atoms with Crippen LogP contribution in [-0.4, -0.2) is 16.0 Å². The van der Waals surface area contributed by atoms with Crippen LogP contribution in [0.4, 0.5) is 0 Å². The van der Waals surface area contributed by atoms with Gasteiger partial charge < -0.3 is 5.92 Å². The van der Waals surface area contributed by atoms with Gasteiger partial charge in [0, 0.05) is 49.5 Å². The molecule has 1 aromatic carbocycles. The van der Waals surface area contributed by atoms with Gasteiger partial charge in [0.15, 0.2) is 0 Å². The van der Waals surface area contributed by atoms with Crippen molar-refractivity contribution in [1.29, 1.82) is 0 Å². The predicted octanol–water partition coefficient (Wildman–Crippen LogP) is 4.92. The number of hydrogen-bond acceptors (Lipinski definition) is 3. The molecule has 0 aliphatic heterocycles. The molecule has 121 valence electrons. The number of Topliss-reactive ketones (excluding diaryl/α,β-unsaturated/α-hetero) is 1. The Morgan fingerprint density at radius 3 is 2.17 bits per heavy atom. The van der Waals surface area contributed by atoms with Gasteiger partial charge in [-0.25, -0.2) is 0 Å². The smallest absolute Gasteiger partial charge is 0.135 e. The van der Waals surface area contributed by atoms with E-state index in [2.05, 4.69) is 10.2 Å². The van der Waals surface area contributed by atoms with Crippen LogP contribution in [-0.2, 0) is 39.1 Å². The molecule has 23 heavy (non-hydrogen) atoms. The molecule has 1 aromatic heterocycles. The molecule has 1 aliphatic rings. The van der Waals surface area contributed by atoms with Crippen LogP contribution in [0.15, 0.2) is 36.4 Å². The van der Waals surface area contributed by atoms with Crippen LogP contribution >= 0.6 is 0 Å². The van der Waals surface area contributed by atoms with Crippen LogP contribution in [0, 0.1) is 5.92 Å². The van der Waals surface area contributed by atoms with E-state index in [1.165, 1.54) is 0 Å². The van der Waals surface area contributed by atoms with Crippen molar-refractivity contribution in [3.8, 4) is 11.3 Å². The van der Waals surface area contributed by atoms with Crippen molar-refractivity contribution < 1.29 is 37.5 Å². The number of carbonyl (C=O) groups excluding carboxylic acids is 1. The van der Waals surface area contributed by atoms with E-state index in [4.69, 9.17) is 0 Å². The Morgan fingerprint density at radius 1 is 0.957 bits per heavy atom. The van der Waals surface area contributed by atoms with Crippen LogP contribution in [0.3, 0.4) is 0 Å². The first-order valence-electron chi connectivity index (χ1n) is 8.00. The summed E-state index contributed by atoms with van der Waals surface area (Å²) in [5.41, 5.74) is 3.30. The average molecular weight is 386 g/mol. The number of rotatable bonds is 1. The molecule has 0 unspecified atom stereocenters. The second-order valence-electron chi connectivity index (χ2n) is 4.69. The molecule has 4 heteroatoms. The molecule has 0 N–H and O–H groups in total. The zero-order valence-corrected chi connectivity index (χ0v) is 17.6. The normalized spacial score (nSPS) is 12.7. The van der Waals surface area contributed by atoms with E-state index in [1.54, 1.807) is 0 Å². The van der Waals surface area contributed by atoms with Crippen molar-refractivity contribution in [2.45, 2.75) is 47.5 Å². The molecule has 0 amide bonds. The van der Waals surface area contributed by atoms with Crippen molar-refractivity contribution >= 4 is 5.78 Å². The molecule has 0 saturated carbocycles. The summed E-state index contributed by atoms with van der Waals surface area (Å²) in [5.74, 6) is 1.31. The van der Waals surface area contributed by atoms with Gasteiger partial charge in [0.1, 0.15) is 5.78 Å². The second kappa shape index (κ2) is 11.6. The molecule has 0 atom stereocenters. The van der Waals surface area contributed by atoms with Crippen LogP contribution < -0.4 is 0 Å². The fraction of sp³-hybridized carbons (Fsp3) is 0.368. The fourth-order valence-corrected chi connectivity index (χ4v) is 2.26. The number of hydrogen-bond donors (Lipinski definition) is 0. The van der Waals surface area contributed by atoms with Crippen molar-refractivity contribution in [2.24, 2.45) is 0 Å². The zero-order valence-electron chi connectivity index (χ0n) is 14.8. The Morgan fingerprint density at radius 2 is 1.57 bits per heavy atom. The van der Waals surface area contributed by atoms with Gasteiger partial charge in [-0.15, -0.1) is 12.8 Å². The third kappa shape index (κ3) is 5.89. The van der Waals surface area contributed by atoms with Crippen LogP contribution in [0.2, 0.25) is 0 Å². The molecule has 0 spiro atoms. The maximum atomic E-state index is 12.0. The number of aromatic nitrogens is 2. The summed E-state index contributed by atoms with van der Waals surface area (Å²) in [4.78, 5) is 12.0. The van der Waals surface area contributed by atoms with Gasteiger partial charge in [0.05, 0.1) is 5.69 Å². The Labute approximate surface area is 165 Å². The Kier molecular flexibility index (Phi) is 11.1. The number of carbonyl (C=O) groups is 1. The van der Waals surface area contributed by atoms with Gasteiger partial charge in [0.2, 0.25) is 0 Å². The van der Waals surface area contributed by atoms with Crippen LogP contribution in [0.25, 0.3) is 11.3 Å². The second-order valence-corrected chi connectivity index (χ2v) is 4.69. The summed E-state index contributed by atoms with van der Waals surface area (Å²) in [5, 5.41) is 8.42. The van der Waals surface area contributed by atoms with Gasteiger partial charge >= 0.3 is 0 Å². The zero-order chi connectivity index (χ0) is 16.5. The minimum Gasteiger partial charge on any atom is -0.303 e. The van der Waals surface area contributed by atoms with Crippen molar-refractivity contribution in [3.05, 3.63) is 53.6 Å². The first kappa shape index (κ1) is 22.1. The van der Waals surface area contributed by atoms with E-state index in [0.29, 0.717) is 6.42 Å². The minimum atomic E-state index is 0. The Bertz CT molecular complexity index is 600. The molecule has 1 radical (unpaired) electrons. The molecule has 2 aromatic rings. The predicted molar refractivity (Wildman–Crippen MR) is 91.7 cm³/mol. The van der Waals surface area contributed by atoms with E-state index in [0.717, 1.165) is 34.9 Å². The molecule has 3 nitrogen and oxygen atoms in total. The van der Waals surface area contributed by atoms with Crippen molar-refractivity contribution in [1.82, 2.24) is 10.2 Å². The monoisotopic (exact) mass is 386 g/mol. The fourth-order valence-electron chi connectivity index (χ4n) is 2.26. The number of nitrogens with zero attached hydrogens (tertiary/aromatic N) is 2. The van der Waals surface area contributed by atoms with E-state index in [-0.39, 0.29) is 38.5 Å². The molecular weight excluding hydrogens is 361 g/mol. The molecule has 1 aliphatic carbocycles. The average Bonchev–Trinajstić information content (AvgIpc) is 2.59. The van der Waals surface area contributed by atoms with E-state index < -0.39 is 0 Å². The Balaban J connectivity index is 0.000000901. The largest absolute Gasteiger partial charge is 0.303 e. The summed E-state index contributed by atoms with van der Waals surface area (Å²) in [6, 6.07) is 11.7. The van der Waals surface area contributed by atoms with Gasteiger partial charge in [-0.1, -0.05) is 58.0 Å². The maximum Gasteiger partial charge on any atom is 0.135 e. The molecular formula is C19H25N2OY-. The summed E-state index contributed by atoms with van der Waals surface area (Å²) in [6.07, 6.45) is 1.30. The molecule has 0 bridgehead atoms. The van der Waals surface area contributed by atoms with Crippen molar-refractivity contribution in [3.63, 3.8) is 0 Å². The van der Waals surface area contributed by atoms with Gasteiger partial charge in [-0.2, -0.15) is 17.1 Å². The topological polar surface area (TPSA) is 42.9 Å². The number of ketones is 1. The SMILES string of the molecule is CC.CC.C[C-]1CC(=O)c2cc(-c3ccccc3)nnc2C1.[Y]. The summed E-state index contributed by atoms with van der Waals surface area (Å²) in [7, 11) is 0. The van der Waals surface area contributed by atoms with E-state index >= 15 is 0 Å². The minimum absolute atomic E-state index is 0. The first-order valence-corrected chi connectivity index (χ1v) is 8.00. The van der Waals surface area contributed by atoms with Crippen LogP contribution in [0.1, 0.15) is 57.1 Å². The van der Waals surface area contributed by atoms with Gasteiger partial charge in [-0.05, 0) is 6.07 Å². The molecule has 1 heterocycles. The summed E-state index contributed by atoms with van der Waals surface area (Å²) >= 11 is 0. The third-order valence-electron chi connectivity index (χ3n) is 3.17. The van der Waals surface area contributed by atoms with Crippen LogP contribution in [0.5, 0.6) is 0 Å². The summed E-state index contributed by atoms with van der Waals surface area (Å²) in [6.45, 7) is 9.99. The molecule has 3 rings (SSSR count).